The van der Waals surface area contributed by atoms with E-state index in [1.807, 2.05) is 24.3 Å². The molecular formula is C18H18N2O3. The molecule has 1 heterocycles. The molecule has 0 saturated heterocycles. The second-order valence-corrected chi connectivity index (χ2v) is 5.51. The van der Waals surface area contributed by atoms with E-state index in [0.717, 1.165) is 11.3 Å². The van der Waals surface area contributed by atoms with Crippen LogP contribution in [0.4, 0.5) is 5.69 Å². The van der Waals surface area contributed by atoms with Gasteiger partial charge in [-0.15, -0.1) is 0 Å². The normalized spacial score (nSPS) is 15.4. The lowest BCUT2D eigenvalue weighted by molar-refractivity contribution is -0.114. The summed E-state index contributed by atoms with van der Waals surface area (Å²) < 4.78 is 5.61. The van der Waals surface area contributed by atoms with Crippen molar-refractivity contribution in [2.45, 2.75) is 12.8 Å². The van der Waals surface area contributed by atoms with Gasteiger partial charge in [-0.2, -0.15) is 0 Å². The molecule has 3 rings (SSSR count). The molecule has 1 aliphatic heterocycles. The quantitative estimate of drug-likeness (QED) is 0.912. The Labute approximate surface area is 134 Å². The summed E-state index contributed by atoms with van der Waals surface area (Å²) in [5.74, 6) is 0.797. The number of para-hydroxylation sites is 1. The van der Waals surface area contributed by atoms with Gasteiger partial charge in [0.05, 0.1) is 6.61 Å². The van der Waals surface area contributed by atoms with Crippen molar-refractivity contribution in [3.63, 3.8) is 0 Å². The number of rotatable bonds is 4. The van der Waals surface area contributed by atoms with Gasteiger partial charge < -0.3 is 15.4 Å². The molecule has 2 amide bonds. The molecule has 23 heavy (non-hydrogen) atoms. The lowest BCUT2D eigenvalue weighted by atomic mass is 10.0. The molecule has 0 spiro atoms. The van der Waals surface area contributed by atoms with E-state index < -0.39 is 0 Å². The first kappa shape index (κ1) is 15.1. The fraction of sp³-hybridized carbons (Fsp3) is 0.222. The van der Waals surface area contributed by atoms with E-state index >= 15 is 0 Å². The maximum Gasteiger partial charge on any atom is 0.251 e. The smallest absolute Gasteiger partial charge is 0.251 e. The van der Waals surface area contributed by atoms with Gasteiger partial charge in [-0.1, -0.05) is 18.2 Å². The highest BCUT2D eigenvalue weighted by Crippen LogP contribution is 2.32. The Kier molecular flexibility index (Phi) is 4.28. The third-order valence-electron chi connectivity index (χ3n) is 3.78. The van der Waals surface area contributed by atoms with Crippen LogP contribution in [0.1, 0.15) is 28.8 Å². The topological polar surface area (TPSA) is 67.4 Å². The van der Waals surface area contributed by atoms with Crippen LogP contribution < -0.4 is 15.4 Å². The largest absolute Gasteiger partial charge is 0.493 e. The molecule has 0 radical (unpaired) electrons. The zero-order valence-electron chi connectivity index (χ0n) is 12.8. The molecule has 5 nitrogen and oxygen atoms in total. The molecule has 0 saturated carbocycles. The SMILES string of the molecule is CC(=O)Nc1ccc(C(=O)NCC2COc3ccccc32)cc1. The van der Waals surface area contributed by atoms with Crippen molar-refractivity contribution in [3.05, 3.63) is 59.7 Å². The molecule has 0 fully saturated rings. The van der Waals surface area contributed by atoms with Crippen LogP contribution in [0.3, 0.4) is 0 Å². The molecule has 2 aromatic carbocycles. The minimum Gasteiger partial charge on any atom is -0.493 e. The van der Waals surface area contributed by atoms with E-state index in [1.54, 1.807) is 24.3 Å². The van der Waals surface area contributed by atoms with E-state index in [0.29, 0.717) is 24.4 Å². The summed E-state index contributed by atoms with van der Waals surface area (Å²) in [6, 6.07) is 14.7. The van der Waals surface area contributed by atoms with Gasteiger partial charge in [-0.3, -0.25) is 9.59 Å². The number of benzene rings is 2. The molecule has 118 valence electrons. The Morgan fingerprint density at radius 1 is 1.13 bits per heavy atom. The van der Waals surface area contributed by atoms with Crippen LogP contribution in [-0.4, -0.2) is 25.0 Å². The van der Waals surface area contributed by atoms with Crippen molar-refractivity contribution in [1.82, 2.24) is 5.32 Å². The van der Waals surface area contributed by atoms with Crippen LogP contribution in [0, 0.1) is 0 Å². The maximum atomic E-state index is 12.2. The van der Waals surface area contributed by atoms with Crippen molar-refractivity contribution >= 4 is 17.5 Å². The first-order chi connectivity index (χ1) is 11.1. The molecule has 5 heteroatoms. The van der Waals surface area contributed by atoms with Gasteiger partial charge in [0.15, 0.2) is 0 Å². The Morgan fingerprint density at radius 2 is 1.87 bits per heavy atom. The number of fused-ring (bicyclic) bond motifs is 1. The van der Waals surface area contributed by atoms with Crippen molar-refractivity contribution in [2.75, 3.05) is 18.5 Å². The summed E-state index contributed by atoms with van der Waals surface area (Å²) in [6.45, 7) is 2.56. The minimum atomic E-state index is -0.137. The molecule has 2 aromatic rings. The third kappa shape index (κ3) is 3.51. The van der Waals surface area contributed by atoms with Gasteiger partial charge in [0, 0.05) is 36.2 Å². The van der Waals surface area contributed by atoms with Gasteiger partial charge >= 0.3 is 0 Å². The van der Waals surface area contributed by atoms with E-state index in [1.165, 1.54) is 6.92 Å². The number of hydrogen-bond donors (Lipinski definition) is 2. The Bertz CT molecular complexity index is 725. The number of hydrogen-bond acceptors (Lipinski definition) is 3. The van der Waals surface area contributed by atoms with Gasteiger partial charge in [0.2, 0.25) is 5.91 Å². The van der Waals surface area contributed by atoms with Crippen LogP contribution in [0.25, 0.3) is 0 Å². The standard InChI is InChI=1S/C18H18N2O3/c1-12(21)20-15-8-6-13(7-9-15)18(22)19-10-14-11-23-17-5-3-2-4-16(14)17/h2-9,14H,10-11H2,1H3,(H,19,22)(H,20,21). The average Bonchev–Trinajstić information content (AvgIpc) is 2.96. The monoisotopic (exact) mass is 310 g/mol. The summed E-state index contributed by atoms with van der Waals surface area (Å²) in [5.41, 5.74) is 2.37. The van der Waals surface area contributed by atoms with Crippen LogP contribution in [-0.2, 0) is 4.79 Å². The summed E-state index contributed by atoms with van der Waals surface area (Å²) in [7, 11) is 0. The predicted octanol–water partition coefficient (Wildman–Crippen LogP) is 2.55. The van der Waals surface area contributed by atoms with Crippen LogP contribution in [0.5, 0.6) is 5.75 Å². The highest BCUT2D eigenvalue weighted by atomic mass is 16.5. The number of carbonyl (C=O) groups excluding carboxylic acids is 2. The number of ether oxygens (including phenoxy) is 1. The molecule has 0 aromatic heterocycles. The highest BCUT2D eigenvalue weighted by Gasteiger charge is 2.23. The molecule has 1 unspecified atom stereocenters. The zero-order chi connectivity index (χ0) is 16.2. The summed E-state index contributed by atoms with van der Waals surface area (Å²) in [6.07, 6.45) is 0. The summed E-state index contributed by atoms with van der Waals surface area (Å²) in [4.78, 5) is 23.2. The first-order valence-corrected chi connectivity index (χ1v) is 7.51. The van der Waals surface area contributed by atoms with Crippen LogP contribution in [0.2, 0.25) is 0 Å². The second kappa shape index (κ2) is 6.52. The maximum absolute atomic E-state index is 12.2. The minimum absolute atomic E-state index is 0.135. The molecule has 2 N–H and O–H groups in total. The fourth-order valence-corrected chi connectivity index (χ4v) is 2.62. The van der Waals surface area contributed by atoms with E-state index in [9.17, 15) is 9.59 Å². The van der Waals surface area contributed by atoms with Gasteiger partial charge in [-0.25, -0.2) is 0 Å². The summed E-state index contributed by atoms with van der Waals surface area (Å²) in [5, 5.41) is 5.61. The van der Waals surface area contributed by atoms with Crippen molar-refractivity contribution in [3.8, 4) is 5.75 Å². The van der Waals surface area contributed by atoms with Crippen LogP contribution >= 0.6 is 0 Å². The third-order valence-corrected chi connectivity index (χ3v) is 3.78. The van der Waals surface area contributed by atoms with Crippen LogP contribution in [0.15, 0.2) is 48.5 Å². The molecule has 1 atom stereocenters. The number of nitrogens with one attached hydrogen (secondary N) is 2. The first-order valence-electron chi connectivity index (χ1n) is 7.51. The number of amides is 2. The van der Waals surface area contributed by atoms with E-state index in [2.05, 4.69) is 10.6 Å². The predicted molar refractivity (Wildman–Crippen MR) is 87.8 cm³/mol. The van der Waals surface area contributed by atoms with Gasteiger partial charge in [0.25, 0.3) is 5.91 Å². The molecule has 1 aliphatic rings. The lowest BCUT2D eigenvalue weighted by Gasteiger charge is -2.11. The Morgan fingerprint density at radius 3 is 2.61 bits per heavy atom. The molecule has 0 bridgehead atoms. The second-order valence-electron chi connectivity index (χ2n) is 5.51. The fourth-order valence-electron chi connectivity index (χ4n) is 2.62. The van der Waals surface area contributed by atoms with Gasteiger partial charge in [0.1, 0.15) is 5.75 Å². The number of anilines is 1. The Balaban J connectivity index is 1.59. The van der Waals surface area contributed by atoms with E-state index in [4.69, 9.17) is 4.74 Å². The molecular weight excluding hydrogens is 292 g/mol. The Hall–Kier alpha value is -2.82. The lowest BCUT2D eigenvalue weighted by Crippen LogP contribution is -2.29. The zero-order valence-corrected chi connectivity index (χ0v) is 12.8. The van der Waals surface area contributed by atoms with Crippen molar-refractivity contribution in [2.24, 2.45) is 0 Å². The highest BCUT2D eigenvalue weighted by molar-refractivity contribution is 5.95. The number of carbonyl (C=O) groups is 2. The van der Waals surface area contributed by atoms with Crippen molar-refractivity contribution < 1.29 is 14.3 Å². The van der Waals surface area contributed by atoms with Crippen molar-refractivity contribution in [1.29, 1.82) is 0 Å². The average molecular weight is 310 g/mol. The van der Waals surface area contributed by atoms with Gasteiger partial charge in [-0.05, 0) is 30.3 Å². The summed E-state index contributed by atoms with van der Waals surface area (Å²) >= 11 is 0. The molecule has 0 aliphatic carbocycles. The van der Waals surface area contributed by atoms with E-state index in [-0.39, 0.29) is 17.7 Å².